The molecule has 0 aromatic carbocycles. The lowest BCUT2D eigenvalue weighted by Crippen LogP contribution is -2.37. The van der Waals surface area contributed by atoms with Gasteiger partial charge < -0.3 is 4.90 Å². The minimum absolute atomic E-state index is 0.679. The second-order valence-electron chi connectivity index (χ2n) is 4.64. The van der Waals surface area contributed by atoms with E-state index in [4.69, 9.17) is 0 Å². The van der Waals surface area contributed by atoms with Gasteiger partial charge in [0.05, 0.1) is 0 Å². The first-order valence-electron chi connectivity index (χ1n) is 5.74. The van der Waals surface area contributed by atoms with Crippen LogP contribution in [0.1, 0.15) is 26.2 Å². The Kier molecular flexibility index (Phi) is 3.06. The molecule has 0 N–H and O–H groups in total. The van der Waals surface area contributed by atoms with Crippen molar-refractivity contribution in [3.05, 3.63) is 0 Å². The third-order valence-corrected chi connectivity index (χ3v) is 3.33. The van der Waals surface area contributed by atoms with Crippen LogP contribution in [0.4, 0.5) is 0 Å². The van der Waals surface area contributed by atoms with Gasteiger partial charge in [0, 0.05) is 31.8 Å². The summed E-state index contributed by atoms with van der Waals surface area (Å²) in [5.74, 6) is 0.679. The predicted molar refractivity (Wildman–Crippen MR) is 59.5 cm³/mol. The average Bonchev–Trinajstić information content (AvgIpc) is 2.47. The summed E-state index contributed by atoms with van der Waals surface area (Å²) in [6.45, 7) is 7.10. The van der Waals surface area contributed by atoms with Gasteiger partial charge in [-0.2, -0.15) is 5.10 Å². The van der Waals surface area contributed by atoms with Gasteiger partial charge in [-0.05, 0) is 32.9 Å². The number of hydrazone groups is 1. The molecule has 0 aliphatic carbocycles. The molecule has 14 heavy (non-hydrogen) atoms. The maximum Gasteiger partial charge on any atom is 0.0450 e. The van der Waals surface area contributed by atoms with E-state index in [0.717, 1.165) is 6.54 Å². The van der Waals surface area contributed by atoms with Gasteiger partial charge in [0.25, 0.3) is 0 Å². The van der Waals surface area contributed by atoms with Gasteiger partial charge in [0.15, 0.2) is 0 Å². The van der Waals surface area contributed by atoms with E-state index in [1.54, 1.807) is 0 Å². The number of hydrogen-bond donors (Lipinski definition) is 0. The molecule has 0 amide bonds. The third-order valence-electron chi connectivity index (χ3n) is 3.33. The van der Waals surface area contributed by atoms with Crippen molar-refractivity contribution < 1.29 is 0 Å². The fraction of sp³-hybridized carbons (Fsp3) is 0.909. The molecule has 1 unspecified atom stereocenters. The zero-order valence-electron chi connectivity index (χ0n) is 9.37. The Bertz CT molecular complexity index is 219. The van der Waals surface area contributed by atoms with Crippen molar-refractivity contribution in [3.63, 3.8) is 0 Å². The van der Waals surface area contributed by atoms with Crippen LogP contribution in [0.5, 0.6) is 0 Å². The molecule has 0 saturated carbocycles. The van der Waals surface area contributed by atoms with Gasteiger partial charge in [-0.3, -0.25) is 5.01 Å². The zero-order valence-corrected chi connectivity index (χ0v) is 9.37. The second-order valence-corrected chi connectivity index (χ2v) is 4.64. The molecule has 1 fully saturated rings. The first-order chi connectivity index (χ1) is 6.75. The Labute approximate surface area is 86.8 Å². The molecule has 0 spiro atoms. The van der Waals surface area contributed by atoms with E-state index < -0.39 is 0 Å². The largest absolute Gasteiger partial charge is 0.303 e. The van der Waals surface area contributed by atoms with Crippen LogP contribution in [0.15, 0.2) is 5.10 Å². The number of likely N-dealkylation sites (tertiary alicyclic amines) is 1. The summed E-state index contributed by atoms with van der Waals surface area (Å²) in [5, 5.41) is 6.53. The summed E-state index contributed by atoms with van der Waals surface area (Å²) in [6.07, 6.45) is 4.20. The Hall–Kier alpha value is -0.570. The molecule has 0 bridgehead atoms. The van der Waals surface area contributed by atoms with E-state index in [0.29, 0.717) is 5.92 Å². The van der Waals surface area contributed by atoms with E-state index >= 15 is 0 Å². The number of nitrogens with zero attached hydrogens (tertiary/aromatic N) is 3. The van der Waals surface area contributed by atoms with Gasteiger partial charge in [-0.1, -0.05) is 6.42 Å². The molecule has 80 valence electrons. The lowest BCUT2D eigenvalue weighted by atomic mass is 10.0. The minimum atomic E-state index is 0.679. The highest BCUT2D eigenvalue weighted by molar-refractivity contribution is 5.85. The third kappa shape index (κ3) is 2.27. The second kappa shape index (κ2) is 4.30. The Morgan fingerprint density at radius 2 is 2.00 bits per heavy atom. The van der Waals surface area contributed by atoms with Crippen LogP contribution in [-0.2, 0) is 0 Å². The van der Waals surface area contributed by atoms with E-state index in [9.17, 15) is 0 Å². The summed E-state index contributed by atoms with van der Waals surface area (Å²) < 4.78 is 0. The molecular weight excluding hydrogens is 174 g/mol. The Morgan fingerprint density at radius 3 is 2.57 bits per heavy atom. The van der Waals surface area contributed by atoms with Gasteiger partial charge >= 0.3 is 0 Å². The molecule has 0 aromatic heterocycles. The van der Waals surface area contributed by atoms with Crippen molar-refractivity contribution in [2.45, 2.75) is 26.2 Å². The van der Waals surface area contributed by atoms with E-state index in [2.05, 4.69) is 29.0 Å². The number of piperidine rings is 1. The summed E-state index contributed by atoms with van der Waals surface area (Å²) in [5.41, 5.74) is 1.32. The van der Waals surface area contributed by atoms with Gasteiger partial charge in [0.1, 0.15) is 0 Å². The van der Waals surface area contributed by atoms with Crippen molar-refractivity contribution in [2.75, 3.05) is 33.2 Å². The SMILES string of the molecule is CC1=NN(C)CC1CN1CCCCC1. The standard InChI is InChI=1S/C11H21N3/c1-10-11(8-13(2)12-10)9-14-6-4-3-5-7-14/h11H,3-9H2,1-2H3. The molecule has 3 nitrogen and oxygen atoms in total. The molecule has 1 saturated heterocycles. The van der Waals surface area contributed by atoms with Crippen molar-refractivity contribution in [1.29, 1.82) is 0 Å². The molecule has 2 aliphatic rings. The van der Waals surface area contributed by atoms with Crippen LogP contribution in [0.25, 0.3) is 0 Å². The average molecular weight is 195 g/mol. The maximum absolute atomic E-state index is 4.46. The summed E-state index contributed by atoms with van der Waals surface area (Å²) >= 11 is 0. The quantitative estimate of drug-likeness (QED) is 0.663. The van der Waals surface area contributed by atoms with E-state index in [1.165, 1.54) is 44.6 Å². The highest BCUT2D eigenvalue weighted by Gasteiger charge is 2.24. The lowest BCUT2D eigenvalue weighted by Gasteiger charge is -2.28. The lowest BCUT2D eigenvalue weighted by molar-refractivity contribution is 0.204. The van der Waals surface area contributed by atoms with Crippen molar-refractivity contribution >= 4 is 5.71 Å². The van der Waals surface area contributed by atoms with Crippen LogP contribution in [0.3, 0.4) is 0 Å². The predicted octanol–water partition coefficient (Wildman–Crippen LogP) is 1.41. The molecule has 2 rings (SSSR count). The van der Waals surface area contributed by atoms with Crippen LogP contribution < -0.4 is 0 Å². The fourth-order valence-corrected chi connectivity index (χ4v) is 2.49. The maximum atomic E-state index is 4.46. The van der Waals surface area contributed by atoms with Crippen molar-refractivity contribution in [2.24, 2.45) is 11.0 Å². The Balaban J connectivity index is 1.82. The minimum Gasteiger partial charge on any atom is -0.303 e. The van der Waals surface area contributed by atoms with Gasteiger partial charge in [-0.15, -0.1) is 0 Å². The highest BCUT2D eigenvalue weighted by Crippen LogP contribution is 2.16. The number of hydrogen-bond acceptors (Lipinski definition) is 3. The molecule has 0 radical (unpaired) electrons. The first-order valence-corrected chi connectivity index (χ1v) is 5.74. The Morgan fingerprint density at radius 1 is 1.29 bits per heavy atom. The normalized spacial score (nSPS) is 29.4. The smallest absolute Gasteiger partial charge is 0.0450 e. The molecule has 3 heteroatoms. The highest BCUT2D eigenvalue weighted by atomic mass is 15.5. The molecule has 1 atom stereocenters. The van der Waals surface area contributed by atoms with Crippen LogP contribution in [0.2, 0.25) is 0 Å². The van der Waals surface area contributed by atoms with E-state index in [-0.39, 0.29) is 0 Å². The molecule has 2 aliphatic heterocycles. The summed E-state index contributed by atoms with van der Waals surface area (Å²) in [7, 11) is 2.07. The van der Waals surface area contributed by atoms with Gasteiger partial charge in [-0.25, -0.2) is 0 Å². The number of rotatable bonds is 2. The van der Waals surface area contributed by atoms with Crippen molar-refractivity contribution in [3.8, 4) is 0 Å². The van der Waals surface area contributed by atoms with Crippen LogP contribution >= 0.6 is 0 Å². The summed E-state index contributed by atoms with van der Waals surface area (Å²) in [6, 6.07) is 0. The fourth-order valence-electron chi connectivity index (χ4n) is 2.49. The summed E-state index contributed by atoms with van der Waals surface area (Å²) in [4.78, 5) is 2.60. The molecular formula is C11H21N3. The van der Waals surface area contributed by atoms with Crippen molar-refractivity contribution in [1.82, 2.24) is 9.91 Å². The topological polar surface area (TPSA) is 18.8 Å². The first kappa shape index (κ1) is 9.97. The van der Waals surface area contributed by atoms with E-state index in [1.807, 2.05) is 0 Å². The van der Waals surface area contributed by atoms with Crippen LogP contribution in [0, 0.1) is 5.92 Å². The zero-order chi connectivity index (χ0) is 9.97. The van der Waals surface area contributed by atoms with Gasteiger partial charge in [0.2, 0.25) is 0 Å². The molecule has 0 aromatic rings. The monoisotopic (exact) mass is 195 g/mol. The molecule has 2 heterocycles. The van der Waals surface area contributed by atoms with Crippen LogP contribution in [-0.4, -0.2) is 48.8 Å².